The second-order valence-electron chi connectivity index (χ2n) is 9.59. The molecule has 3 aromatic rings. The third-order valence-electron chi connectivity index (χ3n) is 7.02. The Kier molecular flexibility index (Phi) is 7.00. The Balaban J connectivity index is 1.24. The van der Waals surface area contributed by atoms with Crippen LogP contribution < -0.4 is 15.1 Å². The molecule has 0 spiro atoms. The molecule has 2 aliphatic rings. The summed E-state index contributed by atoms with van der Waals surface area (Å²) in [6.45, 7) is 0.524. The highest BCUT2D eigenvalue weighted by Crippen LogP contribution is 2.31. The number of carboxylic acids is 1. The minimum absolute atomic E-state index is 0.0458. The number of carbonyl (C=O) groups is 1. The van der Waals surface area contributed by atoms with Crippen molar-refractivity contribution in [2.24, 2.45) is 5.92 Å². The molecule has 0 bridgehead atoms. The van der Waals surface area contributed by atoms with Gasteiger partial charge in [-0.05, 0) is 90.1 Å². The summed E-state index contributed by atoms with van der Waals surface area (Å²) in [6, 6.07) is 10.7. The normalized spacial score (nSPS) is 17.8. The Morgan fingerprint density at radius 2 is 1.84 bits per heavy atom. The predicted octanol–water partition coefficient (Wildman–Crippen LogP) is 2.98. The Labute approximate surface area is 214 Å². The maximum Gasteiger partial charge on any atom is 0.368 e. The van der Waals surface area contributed by atoms with Crippen LogP contribution in [0.25, 0.3) is 5.69 Å². The molecule has 0 saturated heterocycles. The number of ether oxygens (including phenoxy) is 1. The van der Waals surface area contributed by atoms with Gasteiger partial charge in [0.2, 0.25) is 0 Å². The van der Waals surface area contributed by atoms with Crippen molar-refractivity contribution in [2.45, 2.75) is 68.9 Å². The van der Waals surface area contributed by atoms with E-state index in [1.54, 1.807) is 24.3 Å². The van der Waals surface area contributed by atoms with E-state index in [-0.39, 0.29) is 17.0 Å². The first-order chi connectivity index (χ1) is 17.8. The monoisotopic (exact) mass is 527 g/mol. The quantitative estimate of drug-likeness (QED) is 0.432. The summed E-state index contributed by atoms with van der Waals surface area (Å²) in [5.41, 5.74) is 1.11. The van der Waals surface area contributed by atoms with Gasteiger partial charge >= 0.3 is 11.7 Å². The third kappa shape index (κ3) is 5.53. The molecule has 12 heteroatoms. The second kappa shape index (κ2) is 10.4. The fourth-order valence-electron chi connectivity index (χ4n) is 5.00. The van der Waals surface area contributed by atoms with Gasteiger partial charge in [0.25, 0.3) is 10.0 Å². The van der Waals surface area contributed by atoms with Gasteiger partial charge in [-0.3, -0.25) is 4.72 Å². The van der Waals surface area contributed by atoms with Crippen molar-refractivity contribution in [3.05, 3.63) is 58.5 Å². The van der Waals surface area contributed by atoms with Crippen molar-refractivity contribution in [3.8, 4) is 11.4 Å². The highest BCUT2D eigenvalue weighted by molar-refractivity contribution is 7.92. The summed E-state index contributed by atoms with van der Waals surface area (Å²) in [7, 11) is -3.90. The van der Waals surface area contributed by atoms with Crippen molar-refractivity contribution in [3.63, 3.8) is 0 Å². The van der Waals surface area contributed by atoms with E-state index in [2.05, 4.69) is 15.1 Å². The molecule has 2 aromatic carbocycles. The van der Waals surface area contributed by atoms with Crippen molar-refractivity contribution < 1.29 is 23.1 Å². The standard InChI is InChI=1S/C25H29N5O6S/c31-24(32)23-13-7-18-16-21(12-14-22(18)36-23)37(34,35)26-19-8-10-20(11-9-19)30-25(33)29(27-28-30)15-3-6-17-4-1-2-5-17/h8-12,14,16-17,23,26H,1-7,13,15H2,(H,31,32). The highest BCUT2D eigenvalue weighted by Gasteiger charge is 2.27. The fraction of sp³-hybridized carbons (Fsp3) is 0.440. The number of carboxylic acid groups (broad SMARTS) is 1. The molecule has 1 atom stereocenters. The zero-order chi connectivity index (χ0) is 26.0. The van der Waals surface area contributed by atoms with E-state index in [1.807, 2.05) is 0 Å². The van der Waals surface area contributed by atoms with Crippen molar-refractivity contribution >= 4 is 21.7 Å². The van der Waals surface area contributed by atoms with Crippen molar-refractivity contribution in [1.29, 1.82) is 0 Å². The van der Waals surface area contributed by atoms with Crippen molar-refractivity contribution in [1.82, 2.24) is 19.8 Å². The summed E-state index contributed by atoms with van der Waals surface area (Å²) in [4.78, 5) is 23.9. The molecular formula is C25H29N5O6S. The van der Waals surface area contributed by atoms with Gasteiger partial charge in [-0.1, -0.05) is 25.7 Å². The first-order valence-electron chi connectivity index (χ1n) is 12.5. The van der Waals surface area contributed by atoms with Crippen LogP contribution in [0.1, 0.15) is 50.5 Å². The van der Waals surface area contributed by atoms with E-state index in [9.17, 15) is 18.0 Å². The van der Waals surface area contributed by atoms with Gasteiger partial charge in [-0.25, -0.2) is 18.0 Å². The maximum absolute atomic E-state index is 12.9. The SMILES string of the molecule is O=C(O)C1CCc2cc(S(=O)(=O)Nc3ccc(-n4nnn(CCCC5CCCC5)c4=O)cc3)ccc2O1. The number of aliphatic carboxylic acids is 1. The molecule has 196 valence electrons. The first-order valence-corrected chi connectivity index (χ1v) is 14.0. The van der Waals surface area contributed by atoms with Crippen LogP contribution in [0.3, 0.4) is 0 Å². The van der Waals surface area contributed by atoms with Gasteiger partial charge in [0.1, 0.15) is 5.75 Å². The number of nitrogens with one attached hydrogen (secondary N) is 1. The molecule has 2 N–H and O–H groups in total. The molecule has 1 aromatic heterocycles. The summed E-state index contributed by atoms with van der Waals surface area (Å²) in [6.07, 6.45) is 6.85. The lowest BCUT2D eigenvalue weighted by Gasteiger charge is -2.23. The van der Waals surface area contributed by atoms with Crippen LogP contribution in [-0.2, 0) is 27.8 Å². The van der Waals surface area contributed by atoms with E-state index < -0.39 is 22.1 Å². The summed E-state index contributed by atoms with van der Waals surface area (Å²) >= 11 is 0. The molecule has 1 aliphatic heterocycles. The van der Waals surface area contributed by atoms with Crippen LogP contribution in [-0.4, -0.2) is 45.4 Å². The third-order valence-corrected chi connectivity index (χ3v) is 8.40. The van der Waals surface area contributed by atoms with Crippen LogP contribution in [0.4, 0.5) is 5.69 Å². The molecule has 0 amide bonds. The minimum atomic E-state index is -3.90. The number of hydrogen-bond donors (Lipinski definition) is 2. The fourth-order valence-corrected chi connectivity index (χ4v) is 6.10. The van der Waals surface area contributed by atoms with Gasteiger partial charge in [-0.15, -0.1) is 0 Å². The first kappa shape index (κ1) is 25.0. The summed E-state index contributed by atoms with van der Waals surface area (Å²) in [5, 5.41) is 17.1. The van der Waals surface area contributed by atoms with Crippen LogP contribution in [0.15, 0.2) is 52.2 Å². The van der Waals surface area contributed by atoms with E-state index >= 15 is 0 Å². The van der Waals surface area contributed by atoms with Crippen LogP contribution in [0, 0.1) is 5.92 Å². The Hall–Kier alpha value is -3.67. The van der Waals surface area contributed by atoms with Gasteiger partial charge in [0.15, 0.2) is 6.10 Å². The van der Waals surface area contributed by atoms with Gasteiger partial charge < -0.3 is 9.84 Å². The van der Waals surface area contributed by atoms with E-state index in [0.29, 0.717) is 35.7 Å². The molecule has 1 fully saturated rings. The molecule has 2 heterocycles. The number of nitrogens with zero attached hydrogens (tertiary/aromatic N) is 4. The average molecular weight is 528 g/mol. The van der Waals surface area contributed by atoms with Gasteiger partial charge in [0.05, 0.1) is 10.6 Å². The number of aryl methyl sites for hydroxylation is 2. The Morgan fingerprint density at radius 3 is 2.57 bits per heavy atom. The lowest BCUT2D eigenvalue weighted by molar-refractivity contribution is -0.145. The Bertz CT molecular complexity index is 1440. The van der Waals surface area contributed by atoms with Crippen LogP contribution in [0.5, 0.6) is 5.75 Å². The molecule has 11 nitrogen and oxygen atoms in total. The largest absolute Gasteiger partial charge is 0.479 e. The molecule has 1 aliphatic carbocycles. The Morgan fingerprint density at radius 1 is 1.08 bits per heavy atom. The topological polar surface area (TPSA) is 145 Å². The average Bonchev–Trinajstić information content (AvgIpc) is 3.54. The smallest absolute Gasteiger partial charge is 0.368 e. The number of sulfonamides is 1. The molecule has 1 unspecified atom stereocenters. The number of fused-ring (bicyclic) bond motifs is 1. The molecule has 37 heavy (non-hydrogen) atoms. The van der Waals surface area contributed by atoms with E-state index in [4.69, 9.17) is 9.84 Å². The minimum Gasteiger partial charge on any atom is -0.479 e. The summed E-state index contributed by atoms with van der Waals surface area (Å²) < 4.78 is 36.4. The molecule has 0 radical (unpaired) electrons. The van der Waals surface area contributed by atoms with Gasteiger partial charge in [0, 0.05) is 12.2 Å². The maximum atomic E-state index is 12.9. The lowest BCUT2D eigenvalue weighted by Crippen LogP contribution is -2.31. The van der Waals surface area contributed by atoms with E-state index in [1.165, 1.54) is 53.2 Å². The number of anilines is 1. The highest BCUT2D eigenvalue weighted by atomic mass is 32.2. The van der Waals surface area contributed by atoms with E-state index in [0.717, 1.165) is 18.8 Å². The van der Waals surface area contributed by atoms with Crippen LogP contribution >= 0.6 is 0 Å². The molecular weight excluding hydrogens is 498 g/mol. The van der Waals surface area contributed by atoms with Crippen LogP contribution in [0.2, 0.25) is 0 Å². The van der Waals surface area contributed by atoms with Gasteiger partial charge in [-0.2, -0.15) is 9.36 Å². The predicted molar refractivity (Wildman–Crippen MR) is 134 cm³/mol. The number of tetrazole rings is 1. The number of benzene rings is 2. The molecule has 1 saturated carbocycles. The number of rotatable bonds is 9. The second-order valence-corrected chi connectivity index (χ2v) is 11.3. The number of hydrogen-bond acceptors (Lipinski definition) is 7. The molecule has 5 rings (SSSR count). The van der Waals surface area contributed by atoms with Crippen molar-refractivity contribution in [2.75, 3.05) is 4.72 Å². The summed E-state index contributed by atoms with van der Waals surface area (Å²) in [5.74, 6) is 0.0802. The zero-order valence-electron chi connectivity index (χ0n) is 20.2. The number of aromatic nitrogens is 4. The lowest BCUT2D eigenvalue weighted by atomic mass is 10.0. The zero-order valence-corrected chi connectivity index (χ0v) is 21.1.